The summed E-state index contributed by atoms with van der Waals surface area (Å²) in [5.74, 6) is 0.734. The Morgan fingerprint density at radius 2 is 1.70 bits per heavy atom. The van der Waals surface area contributed by atoms with E-state index in [0.717, 1.165) is 23.4 Å². The Bertz CT molecular complexity index is 709. The van der Waals surface area contributed by atoms with E-state index in [4.69, 9.17) is 11.6 Å². The number of anilines is 1. The van der Waals surface area contributed by atoms with Crippen molar-refractivity contribution in [3.8, 4) is 0 Å². The summed E-state index contributed by atoms with van der Waals surface area (Å²) in [4.78, 5) is 24.8. The molecule has 2 aromatic carbocycles. The molecule has 0 spiro atoms. The van der Waals surface area contributed by atoms with Gasteiger partial charge in [0.1, 0.15) is 0 Å². The Labute approximate surface area is 144 Å². The van der Waals surface area contributed by atoms with E-state index >= 15 is 0 Å². The predicted octanol–water partition coefficient (Wildman–Crippen LogP) is 4.66. The fraction of sp³-hybridized carbons (Fsp3) is 0.222. The van der Waals surface area contributed by atoms with Gasteiger partial charge in [-0.1, -0.05) is 11.6 Å². The molecule has 0 heterocycles. The van der Waals surface area contributed by atoms with Crippen molar-refractivity contribution < 1.29 is 9.59 Å². The molecular formula is C18H16ClNO2S. The highest BCUT2D eigenvalue weighted by molar-refractivity contribution is 8.00. The van der Waals surface area contributed by atoms with Crippen molar-refractivity contribution >= 4 is 40.7 Å². The lowest BCUT2D eigenvalue weighted by Crippen LogP contribution is -2.12. The smallest absolute Gasteiger partial charge is 0.227 e. The maximum atomic E-state index is 12.1. The van der Waals surface area contributed by atoms with Crippen LogP contribution in [0.15, 0.2) is 53.4 Å². The summed E-state index contributed by atoms with van der Waals surface area (Å²) >= 11 is 7.30. The number of nitrogens with one attached hydrogen (secondary N) is 1. The van der Waals surface area contributed by atoms with Crippen LogP contribution in [0.1, 0.15) is 23.2 Å². The monoisotopic (exact) mass is 345 g/mol. The Balaban J connectivity index is 1.52. The van der Waals surface area contributed by atoms with Gasteiger partial charge in [-0.05, 0) is 61.4 Å². The average Bonchev–Trinajstić information content (AvgIpc) is 3.39. The molecule has 1 fully saturated rings. The van der Waals surface area contributed by atoms with E-state index in [1.165, 1.54) is 11.8 Å². The quantitative estimate of drug-likeness (QED) is 0.611. The largest absolute Gasteiger partial charge is 0.326 e. The van der Waals surface area contributed by atoms with Gasteiger partial charge in [0, 0.05) is 27.1 Å². The topological polar surface area (TPSA) is 46.2 Å². The maximum absolute atomic E-state index is 12.1. The van der Waals surface area contributed by atoms with Crippen LogP contribution in [0.25, 0.3) is 0 Å². The predicted molar refractivity (Wildman–Crippen MR) is 94.3 cm³/mol. The highest BCUT2D eigenvalue weighted by Crippen LogP contribution is 2.30. The summed E-state index contributed by atoms with van der Waals surface area (Å²) in [6, 6.07) is 14.5. The number of amides is 1. The molecule has 0 aromatic heterocycles. The van der Waals surface area contributed by atoms with E-state index in [1.807, 2.05) is 24.3 Å². The summed E-state index contributed by atoms with van der Waals surface area (Å²) in [5.41, 5.74) is 1.46. The molecule has 1 saturated carbocycles. The Kier molecular flexibility index (Phi) is 5.03. The number of thioether (sulfide) groups is 1. The highest BCUT2D eigenvalue weighted by atomic mass is 35.5. The zero-order valence-electron chi connectivity index (χ0n) is 12.4. The third kappa shape index (κ3) is 4.60. The molecule has 0 unspecified atom stereocenters. The van der Waals surface area contributed by atoms with E-state index in [9.17, 15) is 9.59 Å². The van der Waals surface area contributed by atoms with E-state index in [1.54, 1.807) is 24.3 Å². The van der Waals surface area contributed by atoms with Gasteiger partial charge < -0.3 is 5.32 Å². The summed E-state index contributed by atoms with van der Waals surface area (Å²) in [6.45, 7) is 0. The first-order valence-corrected chi connectivity index (χ1v) is 8.81. The number of ketones is 1. The molecule has 118 valence electrons. The van der Waals surface area contributed by atoms with Gasteiger partial charge in [-0.3, -0.25) is 9.59 Å². The first-order chi connectivity index (χ1) is 11.1. The molecule has 0 radical (unpaired) electrons. The first-order valence-electron chi connectivity index (χ1n) is 7.44. The van der Waals surface area contributed by atoms with Crippen LogP contribution < -0.4 is 5.32 Å². The van der Waals surface area contributed by atoms with E-state index in [-0.39, 0.29) is 17.6 Å². The molecule has 2 aromatic rings. The van der Waals surface area contributed by atoms with Gasteiger partial charge >= 0.3 is 0 Å². The van der Waals surface area contributed by atoms with Gasteiger partial charge in [0.25, 0.3) is 0 Å². The standard InChI is InChI=1S/C18H16ClNO2S/c19-14-5-3-12(4-6-14)17(21)11-23-16-9-7-15(8-10-16)20-18(22)13-1-2-13/h3-10,13H,1-2,11H2,(H,20,22). The first kappa shape index (κ1) is 16.1. The van der Waals surface area contributed by atoms with Crippen molar-refractivity contribution in [1.82, 2.24) is 0 Å². The second kappa shape index (κ2) is 7.20. The number of carbonyl (C=O) groups is 2. The van der Waals surface area contributed by atoms with Crippen LogP contribution in [0.5, 0.6) is 0 Å². The van der Waals surface area contributed by atoms with Crippen molar-refractivity contribution in [2.24, 2.45) is 5.92 Å². The number of benzene rings is 2. The second-order valence-corrected chi connectivity index (χ2v) is 6.99. The van der Waals surface area contributed by atoms with Gasteiger partial charge in [-0.2, -0.15) is 0 Å². The van der Waals surface area contributed by atoms with Crippen LogP contribution in [-0.4, -0.2) is 17.4 Å². The lowest BCUT2D eigenvalue weighted by Gasteiger charge is -2.06. The van der Waals surface area contributed by atoms with Gasteiger partial charge in [-0.25, -0.2) is 0 Å². The molecule has 0 saturated heterocycles. The molecule has 1 aliphatic rings. The molecule has 0 atom stereocenters. The molecule has 0 bridgehead atoms. The van der Waals surface area contributed by atoms with E-state index in [0.29, 0.717) is 16.3 Å². The van der Waals surface area contributed by atoms with Crippen molar-refractivity contribution in [2.75, 3.05) is 11.1 Å². The SMILES string of the molecule is O=C(CSc1ccc(NC(=O)C2CC2)cc1)c1ccc(Cl)cc1. The molecule has 0 aliphatic heterocycles. The molecule has 1 amide bonds. The lowest BCUT2D eigenvalue weighted by molar-refractivity contribution is -0.117. The normalized spacial score (nSPS) is 13.6. The highest BCUT2D eigenvalue weighted by Gasteiger charge is 2.29. The van der Waals surface area contributed by atoms with Gasteiger partial charge in [-0.15, -0.1) is 11.8 Å². The van der Waals surface area contributed by atoms with Crippen molar-refractivity contribution in [1.29, 1.82) is 0 Å². The number of halogens is 1. The fourth-order valence-corrected chi connectivity index (χ4v) is 3.01. The minimum absolute atomic E-state index is 0.0674. The van der Waals surface area contributed by atoms with Crippen LogP contribution in [0.2, 0.25) is 5.02 Å². The van der Waals surface area contributed by atoms with Crippen molar-refractivity contribution in [3.05, 3.63) is 59.1 Å². The minimum Gasteiger partial charge on any atom is -0.326 e. The molecule has 23 heavy (non-hydrogen) atoms. The summed E-state index contributed by atoms with van der Waals surface area (Å²) in [7, 11) is 0. The van der Waals surface area contributed by atoms with E-state index < -0.39 is 0 Å². The van der Waals surface area contributed by atoms with Crippen LogP contribution in [-0.2, 0) is 4.79 Å². The van der Waals surface area contributed by atoms with Crippen LogP contribution in [0.4, 0.5) is 5.69 Å². The molecule has 1 N–H and O–H groups in total. The fourth-order valence-electron chi connectivity index (χ4n) is 2.09. The van der Waals surface area contributed by atoms with Crippen molar-refractivity contribution in [2.45, 2.75) is 17.7 Å². The number of hydrogen-bond acceptors (Lipinski definition) is 3. The summed E-state index contributed by atoms with van der Waals surface area (Å²) < 4.78 is 0. The Morgan fingerprint density at radius 3 is 2.30 bits per heavy atom. The zero-order chi connectivity index (χ0) is 16.2. The number of rotatable bonds is 6. The summed E-state index contributed by atoms with van der Waals surface area (Å²) in [6.07, 6.45) is 1.99. The molecule has 3 nitrogen and oxygen atoms in total. The van der Waals surface area contributed by atoms with Crippen molar-refractivity contribution in [3.63, 3.8) is 0 Å². The Morgan fingerprint density at radius 1 is 1.04 bits per heavy atom. The second-order valence-electron chi connectivity index (χ2n) is 5.51. The van der Waals surface area contributed by atoms with Crippen LogP contribution in [0, 0.1) is 5.92 Å². The maximum Gasteiger partial charge on any atom is 0.227 e. The average molecular weight is 346 g/mol. The number of carbonyl (C=O) groups excluding carboxylic acids is 2. The third-order valence-corrected chi connectivity index (χ3v) is 4.87. The molecular weight excluding hydrogens is 330 g/mol. The van der Waals surface area contributed by atoms with E-state index in [2.05, 4.69) is 5.32 Å². The lowest BCUT2D eigenvalue weighted by atomic mass is 10.1. The third-order valence-electron chi connectivity index (χ3n) is 3.61. The minimum atomic E-state index is 0.0674. The van der Waals surface area contributed by atoms with Gasteiger partial charge in [0.2, 0.25) is 5.91 Å². The molecule has 5 heteroatoms. The summed E-state index contributed by atoms with van der Waals surface area (Å²) in [5, 5.41) is 3.52. The number of Topliss-reactive ketones (excluding diaryl/α,β-unsaturated/α-hetero) is 1. The van der Waals surface area contributed by atoms with Crippen LogP contribution >= 0.6 is 23.4 Å². The number of hydrogen-bond donors (Lipinski definition) is 1. The zero-order valence-corrected chi connectivity index (χ0v) is 14.0. The Hall–Kier alpha value is -1.78. The molecule has 3 rings (SSSR count). The van der Waals surface area contributed by atoms with Gasteiger partial charge in [0.15, 0.2) is 5.78 Å². The molecule has 1 aliphatic carbocycles. The van der Waals surface area contributed by atoms with Crippen LogP contribution in [0.3, 0.4) is 0 Å². The van der Waals surface area contributed by atoms with Gasteiger partial charge in [0.05, 0.1) is 5.75 Å².